The minimum absolute atomic E-state index is 0.0217. The molecular formula is C16H24O5. The Morgan fingerprint density at radius 1 is 1.10 bits per heavy atom. The topological polar surface area (TPSA) is 87.0 Å². The van der Waals surface area contributed by atoms with Gasteiger partial charge in [0.25, 0.3) is 0 Å². The zero-order valence-electron chi connectivity index (χ0n) is 12.8. The van der Waals surface area contributed by atoms with Gasteiger partial charge in [-0.3, -0.25) is 0 Å². The second kappa shape index (κ2) is 7.76. The highest BCUT2D eigenvalue weighted by Crippen LogP contribution is 2.35. The van der Waals surface area contributed by atoms with Gasteiger partial charge in [-0.05, 0) is 37.3 Å². The summed E-state index contributed by atoms with van der Waals surface area (Å²) >= 11 is 0. The predicted molar refractivity (Wildman–Crippen MR) is 79.6 cm³/mol. The summed E-state index contributed by atoms with van der Waals surface area (Å²) in [5.74, 6) is -1.81. The van der Waals surface area contributed by atoms with Crippen molar-refractivity contribution in [2.24, 2.45) is 5.92 Å². The van der Waals surface area contributed by atoms with Crippen molar-refractivity contribution >= 4 is 5.97 Å². The number of aromatic hydroxyl groups is 3. The third kappa shape index (κ3) is 5.17. The first-order chi connectivity index (χ1) is 9.85. The second-order valence-corrected chi connectivity index (χ2v) is 5.65. The molecule has 0 aliphatic rings. The molecule has 5 heteroatoms. The number of hydrogen-bond acceptors (Lipinski definition) is 5. The molecular weight excluding hydrogens is 272 g/mol. The first-order valence-corrected chi connectivity index (χ1v) is 7.31. The zero-order valence-corrected chi connectivity index (χ0v) is 12.8. The number of esters is 1. The minimum Gasteiger partial charge on any atom is -0.504 e. The van der Waals surface area contributed by atoms with Crippen molar-refractivity contribution in [1.82, 2.24) is 0 Å². The standard InChI is InChI=1S/C16H24O5/c1-4-5-12(7-6-10(2)3)21-16(20)11-8-13(17)15(19)14(18)9-11/h8-10,12,17-19H,4-7H2,1-3H3. The summed E-state index contributed by atoms with van der Waals surface area (Å²) in [4.78, 5) is 12.1. The molecule has 0 aliphatic carbocycles. The molecule has 0 saturated carbocycles. The maximum Gasteiger partial charge on any atom is 0.338 e. The van der Waals surface area contributed by atoms with Gasteiger partial charge in [0.2, 0.25) is 0 Å². The van der Waals surface area contributed by atoms with Gasteiger partial charge in [-0.1, -0.05) is 27.2 Å². The van der Waals surface area contributed by atoms with Crippen LogP contribution in [0.15, 0.2) is 12.1 Å². The quantitative estimate of drug-likeness (QED) is 0.529. The lowest BCUT2D eigenvalue weighted by molar-refractivity contribution is 0.0246. The van der Waals surface area contributed by atoms with E-state index in [4.69, 9.17) is 4.74 Å². The fourth-order valence-corrected chi connectivity index (χ4v) is 2.04. The molecule has 21 heavy (non-hydrogen) atoms. The van der Waals surface area contributed by atoms with Crippen molar-refractivity contribution < 1.29 is 24.9 Å². The van der Waals surface area contributed by atoms with Crippen molar-refractivity contribution in [3.05, 3.63) is 17.7 Å². The van der Waals surface area contributed by atoms with Crippen LogP contribution in [0.3, 0.4) is 0 Å². The van der Waals surface area contributed by atoms with E-state index in [1.807, 2.05) is 6.92 Å². The number of phenols is 3. The SMILES string of the molecule is CCCC(CCC(C)C)OC(=O)c1cc(O)c(O)c(O)c1. The zero-order chi connectivity index (χ0) is 16.0. The Morgan fingerprint density at radius 2 is 1.67 bits per heavy atom. The van der Waals surface area contributed by atoms with E-state index in [-0.39, 0.29) is 11.7 Å². The van der Waals surface area contributed by atoms with Gasteiger partial charge in [-0.15, -0.1) is 0 Å². The summed E-state index contributed by atoms with van der Waals surface area (Å²) in [6, 6.07) is 2.17. The van der Waals surface area contributed by atoms with Crippen LogP contribution in [-0.4, -0.2) is 27.4 Å². The third-order valence-corrected chi connectivity index (χ3v) is 3.26. The van der Waals surface area contributed by atoms with Gasteiger partial charge in [-0.2, -0.15) is 0 Å². The van der Waals surface area contributed by atoms with E-state index >= 15 is 0 Å². The fraction of sp³-hybridized carbons (Fsp3) is 0.562. The molecule has 0 aliphatic heterocycles. The second-order valence-electron chi connectivity index (χ2n) is 5.65. The van der Waals surface area contributed by atoms with Crippen molar-refractivity contribution in [3.63, 3.8) is 0 Å². The van der Waals surface area contributed by atoms with E-state index in [0.717, 1.165) is 37.8 Å². The molecule has 1 aromatic carbocycles. The number of ether oxygens (including phenoxy) is 1. The highest BCUT2D eigenvalue weighted by molar-refractivity contribution is 5.91. The molecule has 1 atom stereocenters. The Labute approximate surface area is 125 Å². The van der Waals surface area contributed by atoms with Gasteiger partial charge in [0.05, 0.1) is 5.56 Å². The Balaban J connectivity index is 2.77. The van der Waals surface area contributed by atoms with Crippen LogP contribution in [0.5, 0.6) is 17.2 Å². The molecule has 0 spiro atoms. The Morgan fingerprint density at radius 3 is 2.14 bits per heavy atom. The lowest BCUT2D eigenvalue weighted by Crippen LogP contribution is -2.19. The molecule has 0 saturated heterocycles. The van der Waals surface area contributed by atoms with E-state index in [9.17, 15) is 20.1 Å². The van der Waals surface area contributed by atoms with Crippen LogP contribution in [0, 0.1) is 5.92 Å². The van der Waals surface area contributed by atoms with Crippen LogP contribution in [0.1, 0.15) is 56.8 Å². The summed E-state index contributed by atoms with van der Waals surface area (Å²) in [6.45, 7) is 6.25. The van der Waals surface area contributed by atoms with Gasteiger partial charge in [0.1, 0.15) is 6.10 Å². The van der Waals surface area contributed by atoms with E-state index in [1.165, 1.54) is 0 Å². The largest absolute Gasteiger partial charge is 0.504 e. The van der Waals surface area contributed by atoms with Crippen LogP contribution in [0.25, 0.3) is 0 Å². The first kappa shape index (κ1) is 17.1. The van der Waals surface area contributed by atoms with E-state index in [0.29, 0.717) is 5.92 Å². The lowest BCUT2D eigenvalue weighted by atomic mass is 10.0. The van der Waals surface area contributed by atoms with Crippen molar-refractivity contribution in [3.8, 4) is 17.2 Å². The van der Waals surface area contributed by atoms with Gasteiger partial charge in [0.15, 0.2) is 17.2 Å². The molecule has 3 N–H and O–H groups in total. The highest BCUT2D eigenvalue weighted by atomic mass is 16.5. The van der Waals surface area contributed by atoms with Gasteiger partial charge in [-0.25, -0.2) is 4.79 Å². The van der Waals surface area contributed by atoms with Crippen LogP contribution >= 0.6 is 0 Å². The van der Waals surface area contributed by atoms with E-state index in [1.54, 1.807) is 0 Å². The molecule has 0 radical (unpaired) electrons. The summed E-state index contributed by atoms with van der Waals surface area (Å²) in [5, 5.41) is 28.1. The summed E-state index contributed by atoms with van der Waals surface area (Å²) < 4.78 is 5.43. The van der Waals surface area contributed by atoms with Crippen molar-refractivity contribution in [2.75, 3.05) is 0 Å². The Hall–Kier alpha value is -1.91. The summed E-state index contributed by atoms with van der Waals surface area (Å²) in [7, 11) is 0. The molecule has 0 bridgehead atoms. The first-order valence-electron chi connectivity index (χ1n) is 7.31. The van der Waals surface area contributed by atoms with E-state index < -0.39 is 23.2 Å². The van der Waals surface area contributed by atoms with Crippen LogP contribution in [0.4, 0.5) is 0 Å². The normalized spacial score (nSPS) is 12.4. The number of phenolic OH excluding ortho intramolecular Hbond substituents is 3. The number of rotatable bonds is 7. The maximum atomic E-state index is 12.1. The number of carbonyl (C=O) groups excluding carboxylic acids is 1. The van der Waals surface area contributed by atoms with Gasteiger partial charge >= 0.3 is 5.97 Å². The van der Waals surface area contributed by atoms with Crippen LogP contribution in [-0.2, 0) is 4.74 Å². The molecule has 1 rings (SSSR count). The Kier molecular flexibility index (Phi) is 6.34. The number of hydrogen-bond donors (Lipinski definition) is 3. The minimum atomic E-state index is -0.642. The smallest absolute Gasteiger partial charge is 0.338 e. The fourth-order valence-electron chi connectivity index (χ4n) is 2.04. The lowest BCUT2D eigenvalue weighted by Gasteiger charge is -2.18. The van der Waals surface area contributed by atoms with Crippen molar-refractivity contribution in [2.45, 2.75) is 52.6 Å². The molecule has 0 amide bonds. The molecule has 0 heterocycles. The van der Waals surface area contributed by atoms with Crippen LogP contribution < -0.4 is 0 Å². The molecule has 1 unspecified atom stereocenters. The van der Waals surface area contributed by atoms with Gasteiger partial charge < -0.3 is 20.1 Å². The molecule has 5 nitrogen and oxygen atoms in total. The average Bonchev–Trinajstić information content (AvgIpc) is 2.41. The molecule has 1 aromatic rings. The third-order valence-electron chi connectivity index (χ3n) is 3.26. The molecule has 0 fully saturated rings. The highest BCUT2D eigenvalue weighted by Gasteiger charge is 2.19. The van der Waals surface area contributed by atoms with E-state index in [2.05, 4.69) is 13.8 Å². The number of carbonyl (C=O) groups is 1. The summed E-state index contributed by atoms with van der Waals surface area (Å²) in [5.41, 5.74) is 0.0217. The maximum absolute atomic E-state index is 12.1. The monoisotopic (exact) mass is 296 g/mol. The van der Waals surface area contributed by atoms with Crippen molar-refractivity contribution in [1.29, 1.82) is 0 Å². The predicted octanol–water partition coefficient (Wildman–Crippen LogP) is 3.57. The average molecular weight is 296 g/mol. The molecule has 0 aromatic heterocycles. The molecule has 118 valence electrons. The van der Waals surface area contributed by atoms with Crippen LogP contribution in [0.2, 0.25) is 0 Å². The number of benzene rings is 1. The van der Waals surface area contributed by atoms with Gasteiger partial charge in [0, 0.05) is 0 Å². The Bertz CT molecular complexity index is 459. The summed E-state index contributed by atoms with van der Waals surface area (Å²) in [6.07, 6.45) is 3.25.